The third-order valence-electron chi connectivity index (χ3n) is 8.65. The Kier molecular flexibility index (Phi) is 8.56. The first-order valence-electron chi connectivity index (χ1n) is 14.9. The van der Waals surface area contributed by atoms with Gasteiger partial charge in [0.15, 0.2) is 5.79 Å². The maximum atomic E-state index is 11.7. The van der Waals surface area contributed by atoms with E-state index in [0.717, 1.165) is 54.5 Å². The normalized spacial score (nSPS) is 21.5. The summed E-state index contributed by atoms with van der Waals surface area (Å²) in [7, 11) is 0. The SMILES string of the molecule is O=C(O)N1CCC(c2ccc(OCCCC3(c4ccccc4)OCCO3)cc2)C(OCc2ccc3c(c2)CCC3)C1. The Morgan fingerprint density at radius 2 is 1.76 bits per heavy atom. The van der Waals surface area contributed by atoms with Crippen LogP contribution < -0.4 is 4.74 Å². The lowest BCUT2D eigenvalue weighted by Gasteiger charge is -2.37. The highest BCUT2D eigenvalue weighted by atomic mass is 16.7. The van der Waals surface area contributed by atoms with Gasteiger partial charge in [-0.05, 0) is 66.5 Å². The lowest BCUT2D eigenvalue weighted by molar-refractivity contribution is -0.172. The molecular weight excluding hydrogens is 518 g/mol. The molecule has 2 atom stereocenters. The molecule has 3 aliphatic rings. The minimum absolute atomic E-state index is 0.122. The molecule has 3 aromatic carbocycles. The van der Waals surface area contributed by atoms with E-state index in [4.69, 9.17) is 18.9 Å². The number of fused-ring (bicyclic) bond motifs is 1. The van der Waals surface area contributed by atoms with Gasteiger partial charge < -0.3 is 29.0 Å². The first-order valence-corrected chi connectivity index (χ1v) is 14.9. The lowest BCUT2D eigenvalue weighted by atomic mass is 9.87. The summed E-state index contributed by atoms with van der Waals surface area (Å²) >= 11 is 0. The molecule has 6 rings (SSSR count). The summed E-state index contributed by atoms with van der Waals surface area (Å²) in [4.78, 5) is 13.2. The molecule has 0 aromatic heterocycles. The van der Waals surface area contributed by atoms with Crippen LogP contribution >= 0.6 is 0 Å². The Morgan fingerprint density at radius 1 is 0.976 bits per heavy atom. The van der Waals surface area contributed by atoms with E-state index >= 15 is 0 Å². The highest BCUT2D eigenvalue weighted by Crippen LogP contribution is 2.36. The van der Waals surface area contributed by atoms with Crippen molar-refractivity contribution in [2.75, 3.05) is 32.9 Å². The maximum Gasteiger partial charge on any atom is 0.407 e. The van der Waals surface area contributed by atoms with E-state index in [2.05, 4.69) is 42.5 Å². The molecular formula is C34H39NO6. The molecule has 2 heterocycles. The second-order valence-corrected chi connectivity index (χ2v) is 11.3. The van der Waals surface area contributed by atoms with E-state index in [1.54, 1.807) is 0 Å². The number of aryl methyl sites for hydroxylation is 2. The van der Waals surface area contributed by atoms with Gasteiger partial charge in [-0.2, -0.15) is 0 Å². The number of hydrogen-bond donors (Lipinski definition) is 1. The quantitative estimate of drug-likeness (QED) is 0.296. The predicted molar refractivity (Wildman–Crippen MR) is 155 cm³/mol. The van der Waals surface area contributed by atoms with Gasteiger partial charge in [-0.1, -0.05) is 60.7 Å². The minimum Gasteiger partial charge on any atom is -0.494 e. The Hall–Kier alpha value is -3.39. The van der Waals surface area contributed by atoms with Crippen molar-refractivity contribution >= 4 is 6.09 Å². The molecule has 7 heteroatoms. The summed E-state index contributed by atoms with van der Waals surface area (Å²) in [5, 5.41) is 9.63. The molecule has 0 spiro atoms. The minimum atomic E-state index is -0.888. The zero-order chi connectivity index (χ0) is 28.1. The van der Waals surface area contributed by atoms with Crippen LogP contribution in [0.25, 0.3) is 0 Å². The van der Waals surface area contributed by atoms with E-state index in [1.807, 2.05) is 30.3 Å². The zero-order valence-electron chi connectivity index (χ0n) is 23.5. The molecule has 2 unspecified atom stereocenters. The van der Waals surface area contributed by atoms with Crippen molar-refractivity contribution in [3.63, 3.8) is 0 Å². The van der Waals surface area contributed by atoms with Gasteiger partial charge in [-0.25, -0.2) is 4.79 Å². The third kappa shape index (κ3) is 6.43. The highest BCUT2D eigenvalue weighted by molar-refractivity contribution is 5.65. The van der Waals surface area contributed by atoms with Crippen LogP contribution in [-0.4, -0.2) is 55.1 Å². The highest BCUT2D eigenvalue weighted by Gasteiger charge is 2.38. The van der Waals surface area contributed by atoms with Crippen molar-refractivity contribution in [2.24, 2.45) is 0 Å². The Bertz CT molecular complexity index is 1300. The van der Waals surface area contributed by atoms with Gasteiger partial charge in [0.2, 0.25) is 0 Å². The number of carboxylic acid groups (broad SMARTS) is 1. The van der Waals surface area contributed by atoms with E-state index < -0.39 is 11.9 Å². The van der Waals surface area contributed by atoms with Crippen LogP contribution in [0.15, 0.2) is 72.8 Å². The molecule has 41 heavy (non-hydrogen) atoms. The number of rotatable bonds is 10. The number of ether oxygens (including phenoxy) is 4. The fourth-order valence-corrected chi connectivity index (χ4v) is 6.47. The summed E-state index contributed by atoms with van der Waals surface area (Å²) in [5.41, 5.74) is 6.22. The lowest BCUT2D eigenvalue weighted by Crippen LogP contribution is -2.46. The Morgan fingerprint density at radius 3 is 2.54 bits per heavy atom. The van der Waals surface area contributed by atoms with E-state index in [1.165, 1.54) is 22.4 Å². The average molecular weight is 558 g/mol. The molecule has 3 aromatic rings. The summed E-state index contributed by atoms with van der Waals surface area (Å²) in [6.07, 6.45) is 4.65. The van der Waals surface area contributed by atoms with Gasteiger partial charge in [0, 0.05) is 24.4 Å². The van der Waals surface area contributed by atoms with E-state index in [9.17, 15) is 9.90 Å². The van der Waals surface area contributed by atoms with Crippen LogP contribution in [0.4, 0.5) is 4.79 Å². The topological polar surface area (TPSA) is 77.5 Å². The van der Waals surface area contributed by atoms with Crippen LogP contribution in [0.5, 0.6) is 5.75 Å². The van der Waals surface area contributed by atoms with Crippen LogP contribution in [0.1, 0.15) is 59.4 Å². The van der Waals surface area contributed by atoms with Crippen LogP contribution in [0.3, 0.4) is 0 Å². The maximum absolute atomic E-state index is 11.7. The molecule has 2 fully saturated rings. The molecule has 0 bridgehead atoms. The zero-order valence-corrected chi connectivity index (χ0v) is 23.5. The van der Waals surface area contributed by atoms with E-state index in [0.29, 0.717) is 39.5 Å². The molecule has 2 saturated heterocycles. The molecule has 1 N–H and O–H groups in total. The third-order valence-corrected chi connectivity index (χ3v) is 8.65. The van der Waals surface area contributed by atoms with E-state index in [-0.39, 0.29) is 12.0 Å². The number of carbonyl (C=O) groups is 1. The van der Waals surface area contributed by atoms with Crippen LogP contribution in [0.2, 0.25) is 0 Å². The number of piperidine rings is 1. The molecule has 216 valence electrons. The Balaban J connectivity index is 1.05. The predicted octanol–water partition coefficient (Wildman–Crippen LogP) is 6.29. The molecule has 2 aliphatic heterocycles. The second-order valence-electron chi connectivity index (χ2n) is 11.3. The van der Waals surface area contributed by atoms with Gasteiger partial charge in [0.1, 0.15) is 5.75 Å². The first kappa shape index (κ1) is 27.8. The fraction of sp³-hybridized carbons (Fsp3) is 0.441. The Labute approximate surface area is 242 Å². The van der Waals surface area contributed by atoms with Crippen LogP contribution in [0, 0.1) is 0 Å². The van der Waals surface area contributed by atoms with Gasteiger partial charge in [-0.15, -0.1) is 0 Å². The van der Waals surface area contributed by atoms with Crippen molar-refractivity contribution in [1.29, 1.82) is 0 Å². The summed E-state index contributed by atoms with van der Waals surface area (Å²) in [6, 6.07) is 24.9. The largest absolute Gasteiger partial charge is 0.494 e. The second kappa shape index (κ2) is 12.6. The van der Waals surface area contributed by atoms with Gasteiger partial charge in [0.05, 0.1) is 39.1 Å². The molecule has 1 amide bonds. The number of hydrogen-bond acceptors (Lipinski definition) is 5. The van der Waals surface area contributed by atoms with Gasteiger partial charge in [0.25, 0.3) is 0 Å². The average Bonchev–Trinajstić information content (AvgIpc) is 3.69. The number of amides is 1. The summed E-state index contributed by atoms with van der Waals surface area (Å²) < 4.78 is 24.6. The monoisotopic (exact) mass is 557 g/mol. The number of likely N-dealkylation sites (tertiary alicyclic amines) is 1. The first-order chi connectivity index (χ1) is 20.1. The van der Waals surface area contributed by atoms with Crippen molar-refractivity contribution in [1.82, 2.24) is 4.90 Å². The smallest absolute Gasteiger partial charge is 0.407 e. The van der Waals surface area contributed by atoms with Gasteiger partial charge in [-0.3, -0.25) is 0 Å². The molecule has 0 saturated carbocycles. The standard InChI is InChI=1S/C34H39NO6/c36-33(37)35-18-16-31(32(23-35)39-24-25-10-11-26-6-4-7-28(26)22-25)27-12-14-30(15-13-27)38-19-5-17-34(40-20-21-41-34)29-8-2-1-3-9-29/h1-3,8-15,22,31-32H,4-7,16-21,23-24H2,(H,36,37). The van der Waals surface area contributed by atoms with Crippen molar-refractivity contribution in [3.05, 3.63) is 101 Å². The molecule has 1 aliphatic carbocycles. The fourth-order valence-electron chi connectivity index (χ4n) is 6.47. The van der Waals surface area contributed by atoms with Crippen LogP contribution in [-0.2, 0) is 39.4 Å². The van der Waals surface area contributed by atoms with Crippen molar-refractivity contribution in [3.8, 4) is 5.75 Å². The summed E-state index contributed by atoms with van der Waals surface area (Å²) in [6.45, 7) is 3.12. The van der Waals surface area contributed by atoms with Crippen molar-refractivity contribution < 1.29 is 28.8 Å². The molecule has 7 nitrogen and oxygen atoms in total. The number of benzene rings is 3. The molecule has 0 radical (unpaired) electrons. The summed E-state index contributed by atoms with van der Waals surface area (Å²) in [5.74, 6) is 0.250. The van der Waals surface area contributed by atoms with Crippen molar-refractivity contribution in [2.45, 2.75) is 62.9 Å². The van der Waals surface area contributed by atoms with Gasteiger partial charge >= 0.3 is 6.09 Å². The number of nitrogens with zero attached hydrogens (tertiary/aromatic N) is 1.